The van der Waals surface area contributed by atoms with Gasteiger partial charge in [-0.15, -0.1) is 0 Å². The minimum Gasteiger partial charge on any atom is -0.454 e. The number of amides is 1. The van der Waals surface area contributed by atoms with Crippen molar-refractivity contribution in [2.24, 2.45) is 0 Å². The van der Waals surface area contributed by atoms with Gasteiger partial charge in [0.15, 0.2) is 11.5 Å². The van der Waals surface area contributed by atoms with Crippen LogP contribution in [0.3, 0.4) is 0 Å². The number of nitrogens with zero attached hydrogens (tertiary/aromatic N) is 2. The third-order valence-corrected chi connectivity index (χ3v) is 4.41. The lowest BCUT2D eigenvalue weighted by Crippen LogP contribution is -2.37. The first-order valence-electron chi connectivity index (χ1n) is 8.19. The maximum atomic E-state index is 13.0. The number of ether oxygens (including phenoxy) is 3. The van der Waals surface area contributed by atoms with Crippen LogP contribution < -0.4 is 9.47 Å². The zero-order valence-electron chi connectivity index (χ0n) is 13.6. The summed E-state index contributed by atoms with van der Waals surface area (Å²) in [5.41, 5.74) is 1.72. The summed E-state index contributed by atoms with van der Waals surface area (Å²) < 4.78 is 18.7. The van der Waals surface area contributed by atoms with E-state index in [4.69, 9.17) is 14.2 Å². The number of hydrogen-bond donors (Lipinski definition) is 0. The lowest BCUT2D eigenvalue weighted by atomic mass is 10.1. The Bertz CT molecular complexity index is 755. The van der Waals surface area contributed by atoms with Gasteiger partial charge in [-0.2, -0.15) is 0 Å². The number of carbonyl (C=O) groups is 1. The zero-order chi connectivity index (χ0) is 16.5. The Labute approximate surface area is 140 Å². The van der Waals surface area contributed by atoms with Crippen LogP contribution in [0.5, 0.6) is 11.5 Å². The highest BCUT2D eigenvalue weighted by Crippen LogP contribution is 2.33. The Balaban J connectivity index is 1.60. The third-order valence-electron chi connectivity index (χ3n) is 4.41. The maximum absolute atomic E-state index is 13.0. The number of carbonyl (C=O) groups excluding carboxylic acids is 1. The fourth-order valence-corrected chi connectivity index (χ4v) is 3.26. The topological polar surface area (TPSA) is 52.9 Å². The molecule has 0 spiro atoms. The fourth-order valence-electron chi connectivity index (χ4n) is 3.26. The van der Waals surface area contributed by atoms with Crippen LogP contribution in [-0.4, -0.2) is 41.4 Å². The highest BCUT2D eigenvalue weighted by Gasteiger charge is 2.27. The van der Waals surface area contributed by atoms with E-state index in [1.54, 1.807) is 18.2 Å². The molecule has 0 aliphatic carbocycles. The van der Waals surface area contributed by atoms with E-state index in [0.717, 1.165) is 12.2 Å². The van der Waals surface area contributed by atoms with E-state index < -0.39 is 0 Å². The van der Waals surface area contributed by atoms with Crippen LogP contribution in [0.15, 0.2) is 36.5 Å². The second-order valence-corrected chi connectivity index (χ2v) is 5.98. The average Bonchev–Trinajstić information content (AvgIpc) is 3.19. The van der Waals surface area contributed by atoms with Gasteiger partial charge in [-0.1, -0.05) is 0 Å². The molecule has 6 heteroatoms. The van der Waals surface area contributed by atoms with Crippen LogP contribution in [0.2, 0.25) is 0 Å². The first-order chi connectivity index (χ1) is 11.7. The number of rotatable bonds is 3. The number of aromatic nitrogens is 1. The second kappa shape index (κ2) is 6.20. The first kappa shape index (κ1) is 15.1. The highest BCUT2D eigenvalue weighted by molar-refractivity contribution is 5.95. The zero-order valence-corrected chi connectivity index (χ0v) is 13.6. The lowest BCUT2D eigenvalue weighted by molar-refractivity contribution is 0.0258. The molecule has 1 atom stereocenters. The van der Waals surface area contributed by atoms with Crippen molar-refractivity contribution in [2.75, 3.05) is 19.9 Å². The van der Waals surface area contributed by atoms with Gasteiger partial charge >= 0.3 is 0 Å². The Morgan fingerprint density at radius 1 is 1.25 bits per heavy atom. The number of fused-ring (bicyclic) bond motifs is 2. The summed E-state index contributed by atoms with van der Waals surface area (Å²) in [7, 11) is 0. The SMILES string of the molecule is CCO[C@H]1CN(C(=O)c2ccc3c(c2)OCO3)Cc2cccn2C1. The largest absolute Gasteiger partial charge is 0.454 e. The van der Waals surface area contributed by atoms with Crippen molar-refractivity contribution < 1.29 is 19.0 Å². The molecule has 0 saturated heterocycles. The van der Waals surface area contributed by atoms with Gasteiger partial charge in [-0.25, -0.2) is 0 Å². The molecule has 2 aromatic rings. The summed E-state index contributed by atoms with van der Waals surface area (Å²) in [5.74, 6) is 1.29. The molecule has 126 valence electrons. The molecule has 2 aliphatic rings. The van der Waals surface area contributed by atoms with Crippen molar-refractivity contribution in [3.05, 3.63) is 47.8 Å². The molecule has 1 aromatic heterocycles. The van der Waals surface area contributed by atoms with Gasteiger partial charge in [0.05, 0.1) is 19.2 Å². The quantitative estimate of drug-likeness (QED) is 0.867. The molecule has 0 bridgehead atoms. The van der Waals surface area contributed by atoms with E-state index in [-0.39, 0.29) is 18.8 Å². The smallest absolute Gasteiger partial charge is 0.254 e. The van der Waals surface area contributed by atoms with Gasteiger partial charge in [0.25, 0.3) is 5.91 Å². The van der Waals surface area contributed by atoms with Crippen LogP contribution in [-0.2, 0) is 17.8 Å². The Morgan fingerprint density at radius 3 is 3.00 bits per heavy atom. The van der Waals surface area contributed by atoms with Crippen molar-refractivity contribution in [1.29, 1.82) is 0 Å². The minimum absolute atomic E-state index is 0.0124. The molecule has 0 saturated carbocycles. The van der Waals surface area contributed by atoms with E-state index >= 15 is 0 Å². The summed E-state index contributed by atoms with van der Waals surface area (Å²) in [6.45, 7) is 4.73. The Hall–Kier alpha value is -2.47. The summed E-state index contributed by atoms with van der Waals surface area (Å²) in [4.78, 5) is 14.8. The van der Waals surface area contributed by atoms with Gasteiger partial charge in [-0.05, 0) is 37.3 Å². The number of hydrogen-bond acceptors (Lipinski definition) is 4. The summed E-state index contributed by atoms with van der Waals surface area (Å²) in [5, 5.41) is 0. The van der Waals surface area contributed by atoms with Crippen molar-refractivity contribution in [1.82, 2.24) is 9.47 Å². The second-order valence-electron chi connectivity index (χ2n) is 5.98. The predicted octanol–water partition coefficient (Wildman–Crippen LogP) is 2.28. The lowest BCUT2D eigenvalue weighted by Gasteiger charge is -2.24. The third kappa shape index (κ3) is 2.73. The van der Waals surface area contributed by atoms with E-state index in [2.05, 4.69) is 4.57 Å². The summed E-state index contributed by atoms with van der Waals surface area (Å²) in [6, 6.07) is 9.39. The number of benzene rings is 1. The molecule has 1 aromatic carbocycles. The van der Waals surface area contributed by atoms with Crippen LogP contribution in [0.25, 0.3) is 0 Å². The average molecular weight is 328 g/mol. The monoisotopic (exact) mass is 328 g/mol. The van der Waals surface area contributed by atoms with Crippen LogP contribution in [0.1, 0.15) is 23.0 Å². The Kier molecular flexibility index (Phi) is 3.90. The minimum atomic E-state index is -0.0207. The van der Waals surface area contributed by atoms with Crippen LogP contribution in [0.4, 0.5) is 0 Å². The van der Waals surface area contributed by atoms with Gasteiger partial charge in [-0.3, -0.25) is 4.79 Å². The molecule has 6 nitrogen and oxygen atoms in total. The van der Waals surface area contributed by atoms with Crippen LogP contribution in [0, 0.1) is 0 Å². The van der Waals surface area contributed by atoms with Crippen molar-refractivity contribution in [2.45, 2.75) is 26.1 Å². The fraction of sp³-hybridized carbons (Fsp3) is 0.389. The molecule has 0 unspecified atom stereocenters. The van der Waals surface area contributed by atoms with Gasteiger partial charge in [0, 0.05) is 30.6 Å². The maximum Gasteiger partial charge on any atom is 0.254 e. The van der Waals surface area contributed by atoms with Crippen molar-refractivity contribution >= 4 is 5.91 Å². The molecule has 24 heavy (non-hydrogen) atoms. The van der Waals surface area contributed by atoms with Crippen molar-refractivity contribution in [3.63, 3.8) is 0 Å². The van der Waals surface area contributed by atoms with Gasteiger partial charge < -0.3 is 23.7 Å². The molecule has 0 fully saturated rings. The highest BCUT2D eigenvalue weighted by atomic mass is 16.7. The molecule has 3 heterocycles. The molecule has 2 aliphatic heterocycles. The normalized spacial score (nSPS) is 19.0. The van der Waals surface area contributed by atoms with E-state index in [9.17, 15) is 4.79 Å². The Morgan fingerprint density at radius 2 is 2.12 bits per heavy atom. The van der Waals surface area contributed by atoms with Gasteiger partial charge in [0.2, 0.25) is 6.79 Å². The van der Waals surface area contributed by atoms with Gasteiger partial charge in [0.1, 0.15) is 0 Å². The summed E-state index contributed by atoms with van der Waals surface area (Å²) >= 11 is 0. The molecule has 1 amide bonds. The van der Waals surface area contributed by atoms with E-state index in [0.29, 0.717) is 36.8 Å². The molecule has 0 N–H and O–H groups in total. The van der Waals surface area contributed by atoms with Crippen LogP contribution >= 0.6 is 0 Å². The first-order valence-corrected chi connectivity index (χ1v) is 8.19. The molecule has 0 radical (unpaired) electrons. The van der Waals surface area contributed by atoms with Crippen molar-refractivity contribution in [3.8, 4) is 11.5 Å². The summed E-state index contributed by atoms with van der Waals surface area (Å²) in [6.07, 6.45) is 2.03. The predicted molar refractivity (Wildman–Crippen MR) is 87.2 cm³/mol. The molecule has 4 rings (SSSR count). The van der Waals surface area contributed by atoms with E-state index in [1.807, 2.05) is 30.2 Å². The molecular weight excluding hydrogens is 308 g/mol. The standard InChI is InChI=1S/C18H20N2O4/c1-2-22-15-10-19-7-3-4-14(19)9-20(11-15)18(21)13-5-6-16-17(8-13)24-12-23-16/h3-8,15H,2,9-12H2,1H3/t15-/m1/s1. The molecular formula is C18H20N2O4. The van der Waals surface area contributed by atoms with E-state index in [1.165, 1.54) is 0 Å².